The summed E-state index contributed by atoms with van der Waals surface area (Å²) < 4.78 is 0. The molecule has 0 radical (unpaired) electrons. The zero-order valence-electron chi connectivity index (χ0n) is 10.7. The average Bonchev–Trinajstić information content (AvgIpc) is 2.31. The van der Waals surface area contributed by atoms with Crippen LogP contribution in [0.4, 0.5) is 0 Å². The van der Waals surface area contributed by atoms with Crippen LogP contribution in [0.15, 0.2) is 0 Å². The molecule has 0 amide bonds. The molecule has 0 spiro atoms. The molecule has 1 fully saturated rings. The molecule has 3 heteroatoms. The number of hydrogen-bond donors (Lipinski definition) is 1. The lowest BCUT2D eigenvalue weighted by molar-refractivity contribution is 0.191. The van der Waals surface area contributed by atoms with E-state index in [2.05, 4.69) is 30.1 Å². The van der Waals surface area contributed by atoms with E-state index in [1.54, 1.807) is 0 Å². The van der Waals surface area contributed by atoms with E-state index in [1.165, 1.54) is 32.2 Å². The Labute approximate surface area is 99.8 Å². The van der Waals surface area contributed by atoms with Gasteiger partial charge in [0.1, 0.15) is 0 Å². The first-order valence-corrected chi connectivity index (χ1v) is 6.62. The van der Waals surface area contributed by atoms with Crippen molar-refractivity contribution in [2.45, 2.75) is 58.0 Å². The molecule has 0 aromatic heterocycles. The fourth-order valence-corrected chi connectivity index (χ4v) is 2.57. The highest BCUT2D eigenvalue weighted by Crippen LogP contribution is 2.15. The number of nitrogens with zero attached hydrogens (tertiary/aromatic N) is 2. The van der Waals surface area contributed by atoms with Crippen LogP contribution in [0.1, 0.15) is 46.0 Å². The van der Waals surface area contributed by atoms with Crippen LogP contribution in [0.5, 0.6) is 0 Å². The van der Waals surface area contributed by atoms with Crippen LogP contribution in [0, 0.1) is 11.3 Å². The van der Waals surface area contributed by atoms with Gasteiger partial charge in [-0.3, -0.25) is 4.90 Å². The SMILES string of the molecule is CCN(CCC#N)C(C)CC1CCCCN1. The first-order chi connectivity index (χ1) is 7.77. The summed E-state index contributed by atoms with van der Waals surface area (Å²) in [7, 11) is 0. The standard InChI is InChI=1S/C13H25N3/c1-3-16(10-6-8-14)12(2)11-13-7-4-5-9-15-13/h12-13,15H,3-7,9-11H2,1-2H3. The van der Waals surface area contributed by atoms with Gasteiger partial charge in [0, 0.05) is 25.0 Å². The van der Waals surface area contributed by atoms with Gasteiger partial charge in [0.2, 0.25) is 0 Å². The van der Waals surface area contributed by atoms with Crippen LogP contribution in [0.3, 0.4) is 0 Å². The molecule has 0 saturated carbocycles. The van der Waals surface area contributed by atoms with Gasteiger partial charge >= 0.3 is 0 Å². The van der Waals surface area contributed by atoms with E-state index in [1.807, 2.05) is 0 Å². The van der Waals surface area contributed by atoms with E-state index in [4.69, 9.17) is 5.26 Å². The Bertz CT molecular complexity index is 216. The molecule has 1 aliphatic heterocycles. The Morgan fingerprint density at radius 1 is 1.50 bits per heavy atom. The van der Waals surface area contributed by atoms with Gasteiger partial charge in [-0.2, -0.15) is 5.26 Å². The lowest BCUT2D eigenvalue weighted by atomic mass is 9.98. The minimum absolute atomic E-state index is 0.592. The molecular formula is C13H25N3. The lowest BCUT2D eigenvalue weighted by Gasteiger charge is -2.32. The second-order valence-corrected chi connectivity index (χ2v) is 4.77. The Kier molecular flexibility index (Phi) is 6.44. The first-order valence-electron chi connectivity index (χ1n) is 6.62. The average molecular weight is 223 g/mol. The number of piperidine rings is 1. The molecule has 2 unspecified atom stereocenters. The van der Waals surface area contributed by atoms with Gasteiger partial charge < -0.3 is 5.32 Å². The molecule has 0 aromatic rings. The Morgan fingerprint density at radius 2 is 2.31 bits per heavy atom. The minimum Gasteiger partial charge on any atom is -0.314 e. The van der Waals surface area contributed by atoms with Gasteiger partial charge in [0.05, 0.1) is 6.07 Å². The molecular weight excluding hydrogens is 198 g/mol. The number of rotatable bonds is 6. The number of nitriles is 1. The van der Waals surface area contributed by atoms with Crippen molar-refractivity contribution in [3.63, 3.8) is 0 Å². The Balaban J connectivity index is 2.29. The van der Waals surface area contributed by atoms with Gasteiger partial charge in [-0.05, 0) is 39.3 Å². The van der Waals surface area contributed by atoms with Crippen molar-refractivity contribution in [2.75, 3.05) is 19.6 Å². The van der Waals surface area contributed by atoms with E-state index in [0.717, 1.165) is 13.1 Å². The predicted octanol–water partition coefficient (Wildman–Crippen LogP) is 2.14. The molecule has 1 N–H and O–H groups in total. The summed E-state index contributed by atoms with van der Waals surface area (Å²) in [6.45, 7) is 7.62. The lowest BCUT2D eigenvalue weighted by Crippen LogP contribution is -2.42. The van der Waals surface area contributed by atoms with Gasteiger partial charge in [-0.15, -0.1) is 0 Å². The molecule has 0 bridgehead atoms. The summed E-state index contributed by atoms with van der Waals surface area (Å²) in [6, 6.07) is 3.52. The normalized spacial score (nSPS) is 23.0. The van der Waals surface area contributed by atoms with Crippen LogP contribution in [-0.2, 0) is 0 Å². The van der Waals surface area contributed by atoms with Crippen molar-refractivity contribution in [1.29, 1.82) is 5.26 Å². The maximum absolute atomic E-state index is 8.62. The van der Waals surface area contributed by atoms with E-state index in [-0.39, 0.29) is 0 Å². The van der Waals surface area contributed by atoms with Gasteiger partial charge in [0.25, 0.3) is 0 Å². The maximum atomic E-state index is 8.62. The quantitative estimate of drug-likeness (QED) is 0.750. The summed E-state index contributed by atoms with van der Waals surface area (Å²) >= 11 is 0. The zero-order chi connectivity index (χ0) is 11.8. The van der Waals surface area contributed by atoms with Crippen molar-refractivity contribution < 1.29 is 0 Å². The predicted molar refractivity (Wildman–Crippen MR) is 67.2 cm³/mol. The van der Waals surface area contributed by atoms with Crippen LogP contribution >= 0.6 is 0 Å². The van der Waals surface area contributed by atoms with Crippen LogP contribution < -0.4 is 5.32 Å². The molecule has 16 heavy (non-hydrogen) atoms. The zero-order valence-corrected chi connectivity index (χ0v) is 10.7. The highest BCUT2D eigenvalue weighted by molar-refractivity contribution is 4.80. The monoisotopic (exact) mass is 223 g/mol. The molecule has 2 atom stereocenters. The summed E-state index contributed by atoms with van der Waals surface area (Å²) in [6.07, 6.45) is 5.89. The van der Waals surface area contributed by atoms with E-state index in [0.29, 0.717) is 18.5 Å². The molecule has 92 valence electrons. The molecule has 1 aliphatic rings. The Hall–Kier alpha value is -0.590. The fraction of sp³-hybridized carbons (Fsp3) is 0.923. The fourth-order valence-electron chi connectivity index (χ4n) is 2.57. The van der Waals surface area contributed by atoms with Gasteiger partial charge in [-0.1, -0.05) is 13.3 Å². The topological polar surface area (TPSA) is 39.1 Å². The largest absolute Gasteiger partial charge is 0.314 e. The highest BCUT2D eigenvalue weighted by atomic mass is 15.1. The van der Waals surface area contributed by atoms with Crippen LogP contribution in [0.2, 0.25) is 0 Å². The van der Waals surface area contributed by atoms with Crippen LogP contribution in [0.25, 0.3) is 0 Å². The molecule has 0 aromatic carbocycles. The third-order valence-corrected chi connectivity index (χ3v) is 3.58. The van der Waals surface area contributed by atoms with Gasteiger partial charge in [0.15, 0.2) is 0 Å². The number of hydrogen-bond acceptors (Lipinski definition) is 3. The van der Waals surface area contributed by atoms with Crippen molar-refractivity contribution >= 4 is 0 Å². The molecule has 1 rings (SSSR count). The summed E-state index contributed by atoms with van der Waals surface area (Å²) in [5, 5.41) is 12.2. The van der Waals surface area contributed by atoms with Crippen molar-refractivity contribution in [3.05, 3.63) is 0 Å². The third kappa shape index (κ3) is 4.51. The van der Waals surface area contributed by atoms with Crippen molar-refractivity contribution in [3.8, 4) is 6.07 Å². The van der Waals surface area contributed by atoms with E-state index < -0.39 is 0 Å². The second-order valence-electron chi connectivity index (χ2n) is 4.77. The van der Waals surface area contributed by atoms with E-state index >= 15 is 0 Å². The molecule has 3 nitrogen and oxygen atoms in total. The molecule has 1 saturated heterocycles. The molecule has 1 heterocycles. The third-order valence-electron chi connectivity index (χ3n) is 3.58. The Morgan fingerprint density at radius 3 is 2.88 bits per heavy atom. The maximum Gasteiger partial charge on any atom is 0.0635 e. The molecule has 0 aliphatic carbocycles. The highest BCUT2D eigenvalue weighted by Gasteiger charge is 2.19. The van der Waals surface area contributed by atoms with Crippen molar-refractivity contribution in [2.24, 2.45) is 0 Å². The minimum atomic E-state index is 0.592. The van der Waals surface area contributed by atoms with E-state index in [9.17, 15) is 0 Å². The summed E-state index contributed by atoms with van der Waals surface area (Å²) in [5.74, 6) is 0. The first kappa shape index (κ1) is 13.5. The van der Waals surface area contributed by atoms with Gasteiger partial charge in [-0.25, -0.2) is 0 Å². The smallest absolute Gasteiger partial charge is 0.0635 e. The summed E-state index contributed by atoms with van der Waals surface area (Å²) in [4.78, 5) is 2.42. The second kappa shape index (κ2) is 7.65. The van der Waals surface area contributed by atoms with Crippen LogP contribution in [-0.4, -0.2) is 36.6 Å². The summed E-state index contributed by atoms with van der Waals surface area (Å²) in [5.41, 5.74) is 0. The van der Waals surface area contributed by atoms with Crippen molar-refractivity contribution in [1.82, 2.24) is 10.2 Å². The number of nitrogens with one attached hydrogen (secondary N) is 1.